The molecule has 12 heteroatoms. The second-order valence-corrected chi connectivity index (χ2v) is 5.13. The molecule has 0 radical (unpaired) electrons. The molecule has 0 saturated heterocycles. The zero-order valence-electron chi connectivity index (χ0n) is 11.7. The largest absolute Gasteiger partial charge is 0.471 e. The van der Waals surface area contributed by atoms with Crippen molar-refractivity contribution in [3.63, 3.8) is 0 Å². The average Bonchev–Trinajstić information content (AvgIpc) is 2.40. The van der Waals surface area contributed by atoms with Gasteiger partial charge in [-0.05, 0) is 6.42 Å². The number of hydrogen-bond acceptors (Lipinski definition) is 5. The Kier molecular flexibility index (Phi) is 8.42. The van der Waals surface area contributed by atoms with E-state index < -0.39 is 52.9 Å². The zero-order chi connectivity index (χ0) is 18.3. The number of thioether (sulfide) groups is 1. The number of nitrogens with one attached hydrogen (secondary N) is 1. The summed E-state index contributed by atoms with van der Waals surface area (Å²) in [7, 11) is 0. The third-order valence-corrected chi connectivity index (χ3v) is 3.20. The molecule has 0 aromatic carbocycles. The van der Waals surface area contributed by atoms with Gasteiger partial charge >= 0.3 is 24.2 Å². The van der Waals surface area contributed by atoms with Crippen LogP contribution in [0, 0.1) is 0 Å². The van der Waals surface area contributed by atoms with E-state index in [0.29, 0.717) is 12.8 Å². The van der Waals surface area contributed by atoms with E-state index in [1.807, 2.05) is 0 Å². The van der Waals surface area contributed by atoms with Gasteiger partial charge in [0.05, 0.1) is 6.61 Å². The molecule has 0 spiro atoms. The number of amides is 1. The van der Waals surface area contributed by atoms with Gasteiger partial charge in [0.2, 0.25) is 0 Å². The van der Waals surface area contributed by atoms with E-state index >= 15 is 0 Å². The number of rotatable bonds is 7. The Morgan fingerprint density at radius 1 is 1.09 bits per heavy atom. The third kappa shape index (κ3) is 8.67. The topological polar surface area (TPSA) is 72.5 Å². The summed E-state index contributed by atoms with van der Waals surface area (Å²) in [6, 6.07) is -2.03. The molecule has 0 aliphatic heterocycles. The van der Waals surface area contributed by atoms with Crippen LogP contribution in [0.4, 0.5) is 26.3 Å². The van der Waals surface area contributed by atoms with Gasteiger partial charge in [-0.25, -0.2) is 4.79 Å². The summed E-state index contributed by atoms with van der Waals surface area (Å²) in [5.74, 6) is -4.90. The molecule has 134 valence electrons. The lowest BCUT2D eigenvalue weighted by molar-refractivity contribution is -0.175. The van der Waals surface area contributed by atoms with Crippen molar-refractivity contribution in [3.8, 4) is 0 Å². The van der Waals surface area contributed by atoms with E-state index in [0.717, 1.165) is 0 Å². The summed E-state index contributed by atoms with van der Waals surface area (Å²) in [5, 5.41) is -1.09. The maximum Gasteiger partial charge on any atom is 0.471 e. The second kappa shape index (κ2) is 8.99. The average molecular weight is 369 g/mol. The van der Waals surface area contributed by atoms with Gasteiger partial charge in [-0.2, -0.15) is 26.3 Å². The van der Waals surface area contributed by atoms with E-state index in [9.17, 15) is 40.7 Å². The van der Waals surface area contributed by atoms with Crippen LogP contribution in [0.15, 0.2) is 0 Å². The quantitative estimate of drug-likeness (QED) is 0.423. The molecule has 0 aromatic heterocycles. The first-order valence-electron chi connectivity index (χ1n) is 6.17. The Morgan fingerprint density at radius 2 is 1.65 bits per heavy atom. The van der Waals surface area contributed by atoms with Crippen LogP contribution in [0.5, 0.6) is 0 Å². The fraction of sp³-hybridized carbons (Fsp3) is 0.727. The highest BCUT2D eigenvalue weighted by Crippen LogP contribution is 2.24. The summed E-state index contributed by atoms with van der Waals surface area (Å²) in [6.45, 7) is 1.56. The molecule has 0 fully saturated rings. The van der Waals surface area contributed by atoms with E-state index in [4.69, 9.17) is 0 Å². The standard InChI is InChI=1S/C11H13F6NO4S/c1-2-3-4-22-7(19)6(18-8(20)10(12,13)14)5-23-9(21)11(15,16)17/h6H,2-5H2,1H3,(H,18,20). The summed E-state index contributed by atoms with van der Waals surface area (Å²) in [6.07, 6.45) is -9.58. The number of carbonyl (C=O) groups excluding carboxylic acids is 3. The van der Waals surface area contributed by atoms with Crippen LogP contribution in [0.3, 0.4) is 0 Å². The van der Waals surface area contributed by atoms with Crippen LogP contribution < -0.4 is 5.32 Å². The molecule has 0 rings (SSSR count). The van der Waals surface area contributed by atoms with Crippen molar-refractivity contribution in [2.75, 3.05) is 12.4 Å². The summed E-state index contributed by atoms with van der Waals surface area (Å²) in [4.78, 5) is 33.0. The van der Waals surface area contributed by atoms with E-state index in [-0.39, 0.29) is 6.61 Å². The Morgan fingerprint density at radius 3 is 2.09 bits per heavy atom. The van der Waals surface area contributed by atoms with Crippen molar-refractivity contribution >= 4 is 28.8 Å². The highest BCUT2D eigenvalue weighted by Gasteiger charge is 2.43. The van der Waals surface area contributed by atoms with Crippen molar-refractivity contribution in [1.82, 2.24) is 5.32 Å². The molecule has 23 heavy (non-hydrogen) atoms. The minimum absolute atomic E-state index is 0.175. The molecule has 0 bridgehead atoms. The SMILES string of the molecule is CCCCOC(=O)C(CSC(=O)C(F)(F)F)NC(=O)C(F)(F)F. The number of halogens is 6. The third-order valence-electron chi connectivity index (χ3n) is 2.20. The number of alkyl halides is 6. The van der Waals surface area contributed by atoms with Crippen LogP contribution in [0.1, 0.15) is 19.8 Å². The minimum Gasteiger partial charge on any atom is -0.464 e. The molecule has 0 aromatic rings. The monoisotopic (exact) mass is 369 g/mol. The molecule has 5 nitrogen and oxygen atoms in total. The molecule has 1 atom stereocenters. The fourth-order valence-corrected chi connectivity index (χ4v) is 1.77. The highest BCUT2D eigenvalue weighted by atomic mass is 32.2. The summed E-state index contributed by atoms with van der Waals surface area (Å²) in [5.41, 5.74) is 0. The Hall–Kier alpha value is -1.46. The van der Waals surface area contributed by atoms with Gasteiger partial charge in [-0.3, -0.25) is 9.59 Å². The van der Waals surface area contributed by atoms with Crippen molar-refractivity contribution < 1.29 is 45.5 Å². The van der Waals surface area contributed by atoms with E-state index in [1.165, 1.54) is 5.32 Å². The maximum absolute atomic E-state index is 12.1. The Labute approximate surface area is 131 Å². The van der Waals surface area contributed by atoms with Crippen molar-refractivity contribution in [1.29, 1.82) is 0 Å². The minimum atomic E-state index is -5.33. The number of esters is 1. The van der Waals surface area contributed by atoms with E-state index in [1.54, 1.807) is 6.92 Å². The number of ether oxygens (including phenoxy) is 1. The molecular weight excluding hydrogens is 356 g/mol. The summed E-state index contributed by atoms with van der Waals surface area (Å²) < 4.78 is 77.1. The molecular formula is C11H13F6NO4S. The number of hydrogen-bond donors (Lipinski definition) is 1. The van der Waals surface area contributed by atoms with Gasteiger partial charge in [0.25, 0.3) is 5.12 Å². The predicted octanol–water partition coefficient (Wildman–Crippen LogP) is 2.20. The lowest BCUT2D eigenvalue weighted by Crippen LogP contribution is -2.49. The smallest absolute Gasteiger partial charge is 0.464 e. The van der Waals surface area contributed by atoms with Crippen LogP contribution in [0.25, 0.3) is 0 Å². The molecule has 0 heterocycles. The fourth-order valence-electron chi connectivity index (χ4n) is 1.07. The van der Waals surface area contributed by atoms with Crippen LogP contribution in [-0.2, 0) is 19.1 Å². The van der Waals surface area contributed by atoms with Crippen molar-refractivity contribution in [2.24, 2.45) is 0 Å². The van der Waals surface area contributed by atoms with Gasteiger partial charge in [0.15, 0.2) is 0 Å². The Bertz CT molecular complexity index is 437. The van der Waals surface area contributed by atoms with Crippen molar-refractivity contribution in [2.45, 2.75) is 38.2 Å². The lowest BCUT2D eigenvalue weighted by Gasteiger charge is -2.18. The lowest BCUT2D eigenvalue weighted by atomic mass is 10.3. The molecule has 1 N–H and O–H groups in total. The number of unbranched alkanes of at least 4 members (excludes halogenated alkanes) is 1. The second-order valence-electron chi connectivity index (χ2n) is 4.14. The van der Waals surface area contributed by atoms with Gasteiger partial charge < -0.3 is 10.1 Å². The summed E-state index contributed by atoms with van der Waals surface area (Å²) >= 11 is -0.435. The van der Waals surface area contributed by atoms with Crippen molar-refractivity contribution in [3.05, 3.63) is 0 Å². The maximum atomic E-state index is 12.1. The molecule has 0 aliphatic rings. The first kappa shape index (κ1) is 21.5. The Balaban J connectivity index is 4.83. The number of carbonyl (C=O) groups is 3. The van der Waals surface area contributed by atoms with E-state index in [2.05, 4.69) is 4.74 Å². The highest BCUT2D eigenvalue weighted by molar-refractivity contribution is 8.13. The van der Waals surface area contributed by atoms with Crippen LogP contribution in [0.2, 0.25) is 0 Å². The van der Waals surface area contributed by atoms with Gasteiger partial charge in [-0.15, -0.1) is 0 Å². The van der Waals surface area contributed by atoms with Gasteiger partial charge in [0, 0.05) is 5.75 Å². The van der Waals surface area contributed by atoms with Gasteiger partial charge in [0.1, 0.15) is 6.04 Å². The normalized spacial score (nSPS) is 13.3. The molecule has 0 saturated carbocycles. The zero-order valence-corrected chi connectivity index (χ0v) is 12.5. The van der Waals surface area contributed by atoms with Crippen LogP contribution in [-0.4, -0.2) is 47.7 Å². The first-order valence-corrected chi connectivity index (χ1v) is 7.16. The molecule has 0 aliphatic carbocycles. The first-order chi connectivity index (χ1) is 10.4. The molecule has 1 amide bonds. The predicted molar refractivity (Wildman–Crippen MR) is 67.4 cm³/mol. The molecule has 1 unspecified atom stereocenters. The van der Waals surface area contributed by atoms with Gasteiger partial charge in [-0.1, -0.05) is 25.1 Å². The van der Waals surface area contributed by atoms with Crippen LogP contribution >= 0.6 is 11.8 Å².